The second kappa shape index (κ2) is 8.00. The number of non-ortho nitro benzene ring substituents is 1. The summed E-state index contributed by atoms with van der Waals surface area (Å²) in [4.78, 5) is 25.0. The van der Waals surface area contributed by atoms with Crippen LogP contribution in [0.15, 0.2) is 42.5 Å². The molecular weight excluding hydrogens is 356 g/mol. The topological polar surface area (TPSA) is 72.7 Å². The molecule has 4 rings (SSSR count). The molecule has 1 saturated carbocycles. The molecule has 2 aromatic carbocycles. The molecular formula is C22H24N2O4. The first-order valence-electron chi connectivity index (χ1n) is 9.93. The Labute approximate surface area is 164 Å². The Hall–Kier alpha value is -2.89. The predicted molar refractivity (Wildman–Crippen MR) is 107 cm³/mol. The number of fused-ring (bicyclic) bond motifs is 1. The minimum Gasteiger partial charge on any atom is -0.490 e. The number of ether oxygens (including phenoxy) is 1. The first kappa shape index (κ1) is 18.5. The summed E-state index contributed by atoms with van der Waals surface area (Å²) in [7, 11) is 0. The van der Waals surface area contributed by atoms with E-state index in [0.717, 1.165) is 36.1 Å². The van der Waals surface area contributed by atoms with E-state index in [1.807, 2.05) is 24.3 Å². The molecule has 1 amide bonds. The molecule has 1 aliphatic heterocycles. The molecule has 0 aromatic heterocycles. The van der Waals surface area contributed by atoms with Gasteiger partial charge in [-0.1, -0.05) is 18.2 Å². The number of amides is 1. The average molecular weight is 380 g/mol. The number of nitro benzene ring substituents is 1. The highest BCUT2D eigenvalue weighted by atomic mass is 16.6. The minimum atomic E-state index is -0.420. The number of hydrogen-bond acceptors (Lipinski definition) is 4. The fourth-order valence-corrected chi connectivity index (χ4v) is 4.10. The Kier molecular flexibility index (Phi) is 5.28. The molecule has 1 fully saturated rings. The molecule has 6 heteroatoms. The van der Waals surface area contributed by atoms with Gasteiger partial charge in [-0.15, -0.1) is 0 Å². The van der Waals surface area contributed by atoms with Crippen LogP contribution in [0.3, 0.4) is 0 Å². The number of rotatable bonds is 6. The third kappa shape index (κ3) is 4.01. The number of nitrogens with zero attached hydrogens (tertiary/aromatic N) is 2. The van der Waals surface area contributed by atoms with Gasteiger partial charge in [-0.05, 0) is 61.8 Å². The van der Waals surface area contributed by atoms with Crippen molar-refractivity contribution in [3.05, 3.63) is 63.7 Å². The Morgan fingerprint density at radius 2 is 2.00 bits per heavy atom. The molecule has 28 heavy (non-hydrogen) atoms. The fourth-order valence-electron chi connectivity index (χ4n) is 4.10. The van der Waals surface area contributed by atoms with Gasteiger partial charge in [0.05, 0.1) is 16.7 Å². The summed E-state index contributed by atoms with van der Waals surface area (Å²) in [5.41, 5.74) is 2.76. The van der Waals surface area contributed by atoms with Crippen molar-refractivity contribution in [1.82, 2.24) is 0 Å². The monoisotopic (exact) mass is 380 g/mol. The highest BCUT2D eigenvalue weighted by molar-refractivity contribution is 5.96. The van der Waals surface area contributed by atoms with Crippen LogP contribution in [0.2, 0.25) is 0 Å². The Bertz CT molecular complexity index is 890. The van der Waals surface area contributed by atoms with Gasteiger partial charge < -0.3 is 9.64 Å². The molecule has 6 nitrogen and oxygen atoms in total. The van der Waals surface area contributed by atoms with Gasteiger partial charge in [-0.2, -0.15) is 0 Å². The molecule has 0 bridgehead atoms. The van der Waals surface area contributed by atoms with Crippen LogP contribution in [0.25, 0.3) is 0 Å². The van der Waals surface area contributed by atoms with Crippen LogP contribution in [0, 0.1) is 10.1 Å². The second-order valence-electron chi connectivity index (χ2n) is 7.54. The Morgan fingerprint density at radius 3 is 2.79 bits per heavy atom. The lowest BCUT2D eigenvalue weighted by Crippen LogP contribution is -2.29. The van der Waals surface area contributed by atoms with Crippen molar-refractivity contribution in [2.45, 2.75) is 51.0 Å². The van der Waals surface area contributed by atoms with Crippen LogP contribution in [0.5, 0.6) is 5.75 Å². The van der Waals surface area contributed by atoms with E-state index in [1.165, 1.54) is 25.0 Å². The molecule has 2 aromatic rings. The van der Waals surface area contributed by atoms with Crippen molar-refractivity contribution in [3.63, 3.8) is 0 Å². The van der Waals surface area contributed by atoms with Crippen LogP contribution in [0.4, 0.5) is 11.4 Å². The zero-order valence-corrected chi connectivity index (χ0v) is 15.8. The summed E-state index contributed by atoms with van der Waals surface area (Å²) in [6, 6.07) is 12.7. The minimum absolute atomic E-state index is 0.00126. The summed E-state index contributed by atoms with van der Waals surface area (Å²) < 4.78 is 6.05. The van der Waals surface area contributed by atoms with Crippen LogP contribution < -0.4 is 9.64 Å². The van der Waals surface area contributed by atoms with E-state index in [4.69, 9.17) is 4.74 Å². The first-order chi connectivity index (χ1) is 13.6. The maximum atomic E-state index is 12.8. The summed E-state index contributed by atoms with van der Waals surface area (Å²) in [6.45, 7) is 0.583. The first-order valence-corrected chi connectivity index (χ1v) is 9.93. The number of hydrogen-bond donors (Lipinski definition) is 0. The van der Waals surface area contributed by atoms with E-state index in [9.17, 15) is 14.9 Å². The van der Waals surface area contributed by atoms with Gasteiger partial charge in [0.1, 0.15) is 5.75 Å². The second-order valence-corrected chi connectivity index (χ2v) is 7.54. The van der Waals surface area contributed by atoms with Crippen LogP contribution in [-0.4, -0.2) is 23.5 Å². The highest BCUT2D eigenvalue weighted by Gasteiger charge is 2.26. The van der Waals surface area contributed by atoms with Gasteiger partial charge in [-0.25, -0.2) is 0 Å². The van der Waals surface area contributed by atoms with Gasteiger partial charge >= 0.3 is 0 Å². The summed E-state index contributed by atoms with van der Waals surface area (Å²) in [5.74, 6) is 0.875. The summed E-state index contributed by atoms with van der Waals surface area (Å²) in [5, 5.41) is 11.0. The van der Waals surface area contributed by atoms with Crippen molar-refractivity contribution < 1.29 is 14.5 Å². The number of carbonyl (C=O) groups is 1. The van der Waals surface area contributed by atoms with Crippen molar-refractivity contribution in [1.29, 1.82) is 0 Å². The molecule has 146 valence electrons. The Balaban J connectivity index is 1.39. The quantitative estimate of drug-likeness (QED) is 0.549. The number of aryl methyl sites for hydroxylation is 1. The van der Waals surface area contributed by atoms with Crippen LogP contribution >= 0.6 is 0 Å². The van der Waals surface area contributed by atoms with E-state index in [2.05, 4.69) is 0 Å². The summed E-state index contributed by atoms with van der Waals surface area (Å²) >= 11 is 0. The molecule has 2 aliphatic rings. The predicted octanol–water partition coefficient (Wildman–Crippen LogP) is 4.44. The largest absolute Gasteiger partial charge is 0.490 e. The normalized spacial score (nSPS) is 16.2. The smallest absolute Gasteiger partial charge is 0.271 e. The standard InChI is InChI=1S/C22H24N2O4/c25-22(23-13-12-17-9-10-18(24(26)27)15-21(17)23)11-8-16-4-3-7-20(14-16)28-19-5-1-2-6-19/h3-4,7,9-10,14-15,19H,1-2,5-6,8,11-13H2. The van der Waals surface area contributed by atoms with Crippen molar-refractivity contribution in [3.8, 4) is 5.75 Å². The third-order valence-electron chi connectivity index (χ3n) is 5.61. The average Bonchev–Trinajstić information content (AvgIpc) is 3.35. The van der Waals surface area contributed by atoms with Crippen molar-refractivity contribution in [2.75, 3.05) is 11.4 Å². The fraction of sp³-hybridized carbons (Fsp3) is 0.409. The number of carbonyl (C=O) groups excluding carboxylic acids is 1. The lowest BCUT2D eigenvalue weighted by atomic mass is 10.1. The molecule has 1 aliphatic carbocycles. The maximum Gasteiger partial charge on any atom is 0.271 e. The number of benzene rings is 2. The number of anilines is 1. The number of nitro groups is 1. The maximum absolute atomic E-state index is 12.8. The van der Waals surface area contributed by atoms with Gasteiger partial charge in [0.2, 0.25) is 5.91 Å². The van der Waals surface area contributed by atoms with Crippen molar-refractivity contribution >= 4 is 17.3 Å². The van der Waals surface area contributed by atoms with Crippen LogP contribution in [-0.2, 0) is 17.6 Å². The molecule has 0 saturated heterocycles. The van der Waals surface area contributed by atoms with Crippen LogP contribution in [0.1, 0.15) is 43.2 Å². The van der Waals surface area contributed by atoms with Crippen molar-refractivity contribution in [2.24, 2.45) is 0 Å². The molecule has 0 spiro atoms. The SMILES string of the molecule is O=C(CCc1cccc(OC2CCCC2)c1)N1CCc2ccc([N+](=O)[O-])cc21. The highest BCUT2D eigenvalue weighted by Crippen LogP contribution is 2.32. The molecule has 0 N–H and O–H groups in total. The van der Waals surface area contributed by atoms with Gasteiger partial charge in [0.25, 0.3) is 5.69 Å². The van der Waals surface area contributed by atoms with E-state index >= 15 is 0 Å². The van der Waals surface area contributed by atoms with Gasteiger partial charge in [0, 0.05) is 25.1 Å². The van der Waals surface area contributed by atoms with E-state index in [-0.39, 0.29) is 11.6 Å². The zero-order chi connectivity index (χ0) is 19.5. The third-order valence-corrected chi connectivity index (χ3v) is 5.61. The molecule has 1 heterocycles. The Morgan fingerprint density at radius 1 is 1.18 bits per heavy atom. The van der Waals surface area contributed by atoms with E-state index in [1.54, 1.807) is 11.0 Å². The van der Waals surface area contributed by atoms with E-state index in [0.29, 0.717) is 31.2 Å². The van der Waals surface area contributed by atoms with Gasteiger partial charge in [-0.3, -0.25) is 14.9 Å². The molecule has 0 radical (unpaired) electrons. The zero-order valence-electron chi connectivity index (χ0n) is 15.8. The molecule has 0 atom stereocenters. The summed E-state index contributed by atoms with van der Waals surface area (Å²) in [6.07, 6.45) is 6.74. The lowest BCUT2D eigenvalue weighted by molar-refractivity contribution is -0.384. The lowest BCUT2D eigenvalue weighted by Gasteiger charge is -2.17. The van der Waals surface area contributed by atoms with Gasteiger partial charge in [0.15, 0.2) is 0 Å². The molecule has 0 unspecified atom stereocenters. The van der Waals surface area contributed by atoms with E-state index < -0.39 is 4.92 Å².